The lowest BCUT2D eigenvalue weighted by molar-refractivity contribution is -0.137. The van der Waals surface area contributed by atoms with Crippen LogP contribution in [0.25, 0.3) is 0 Å². The molecule has 8 nitrogen and oxygen atoms in total. The summed E-state index contributed by atoms with van der Waals surface area (Å²) in [5, 5.41) is 16.1. The highest BCUT2D eigenvalue weighted by Crippen LogP contribution is 2.29. The number of nitrogens with zero attached hydrogens (tertiary/aromatic N) is 4. The summed E-state index contributed by atoms with van der Waals surface area (Å²) < 4.78 is 6.41. The Labute approximate surface area is 120 Å². The minimum absolute atomic E-state index is 0.148. The second-order valence-electron chi connectivity index (χ2n) is 4.94. The van der Waals surface area contributed by atoms with Crippen molar-refractivity contribution < 1.29 is 19.1 Å². The minimum Gasteiger partial charge on any atom is -0.480 e. The van der Waals surface area contributed by atoms with Crippen LogP contribution in [0, 0.1) is 0 Å². The quantitative estimate of drug-likeness (QED) is 0.842. The fourth-order valence-corrected chi connectivity index (χ4v) is 2.08. The third-order valence-corrected chi connectivity index (χ3v) is 3.21. The number of carboxylic acids is 1. The predicted molar refractivity (Wildman–Crippen MR) is 69.3 cm³/mol. The lowest BCUT2D eigenvalue weighted by Crippen LogP contribution is -2.32. The molecule has 110 valence electrons. The van der Waals surface area contributed by atoms with Gasteiger partial charge in [-0.2, -0.15) is 0 Å². The van der Waals surface area contributed by atoms with E-state index >= 15 is 0 Å². The van der Waals surface area contributed by atoms with Crippen LogP contribution in [0.1, 0.15) is 29.1 Å². The fourth-order valence-electron chi connectivity index (χ4n) is 2.08. The third kappa shape index (κ3) is 3.10. The average Bonchev–Trinajstić information content (AvgIpc) is 2.96. The van der Waals surface area contributed by atoms with E-state index in [-0.39, 0.29) is 24.2 Å². The van der Waals surface area contributed by atoms with Gasteiger partial charge in [0.2, 0.25) is 0 Å². The van der Waals surface area contributed by atoms with E-state index in [4.69, 9.17) is 9.52 Å². The lowest BCUT2D eigenvalue weighted by Gasteiger charge is -2.19. The maximum absolute atomic E-state index is 12.5. The monoisotopic (exact) mass is 290 g/mol. The number of rotatable bonds is 6. The van der Waals surface area contributed by atoms with Crippen LogP contribution >= 0.6 is 0 Å². The maximum Gasteiger partial charge on any atom is 0.325 e. The van der Waals surface area contributed by atoms with Crippen LogP contribution in [0.2, 0.25) is 0 Å². The summed E-state index contributed by atoms with van der Waals surface area (Å²) in [6, 6.07) is 3.77. The number of hydrogen-bond donors (Lipinski definition) is 1. The van der Waals surface area contributed by atoms with E-state index in [1.807, 2.05) is 6.07 Å². The average molecular weight is 290 g/mol. The first-order chi connectivity index (χ1) is 10.1. The fraction of sp³-hybridized carbons (Fsp3) is 0.385. The van der Waals surface area contributed by atoms with Crippen molar-refractivity contribution in [1.29, 1.82) is 0 Å². The molecule has 2 aromatic rings. The Balaban J connectivity index is 1.74. The largest absolute Gasteiger partial charge is 0.480 e. The molecule has 21 heavy (non-hydrogen) atoms. The molecule has 1 saturated carbocycles. The number of carbonyl (C=O) groups excluding carboxylic acids is 1. The van der Waals surface area contributed by atoms with E-state index < -0.39 is 5.97 Å². The van der Waals surface area contributed by atoms with E-state index in [0.29, 0.717) is 12.3 Å². The number of amides is 1. The first-order valence-corrected chi connectivity index (χ1v) is 6.59. The summed E-state index contributed by atoms with van der Waals surface area (Å²) >= 11 is 0. The van der Waals surface area contributed by atoms with Crippen LogP contribution in [0.3, 0.4) is 0 Å². The van der Waals surface area contributed by atoms with Crippen molar-refractivity contribution in [3.05, 3.63) is 36.0 Å². The number of hydrogen-bond acceptors (Lipinski definition) is 5. The molecule has 8 heteroatoms. The summed E-state index contributed by atoms with van der Waals surface area (Å²) in [4.78, 5) is 24.8. The highest BCUT2D eigenvalue weighted by atomic mass is 16.4. The zero-order valence-corrected chi connectivity index (χ0v) is 11.2. The Morgan fingerprint density at radius 3 is 2.90 bits per heavy atom. The van der Waals surface area contributed by atoms with Crippen molar-refractivity contribution >= 4 is 11.9 Å². The SMILES string of the molecule is O=C(O)Cn1cc(C(=O)N(Cc2ccco2)C2CC2)nn1. The molecule has 2 aromatic heterocycles. The molecule has 1 aliphatic carbocycles. The number of furan rings is 1. The number of carboxylic acid groups (broad SMARTS) is 1. The number of carbonyl (C=O) groups is 2. The van der Waals surface area contributed by atoms with Crippen LogP contribution < -0.4 is 0 Å². The van der Waals surface area contributed by atoms with Gasteiger partial charge in [-0.3, -0.25) is 9.59 Å². The Morgan fingerprint density at radius 2 is 2.29 bits per heavy atom. The normalized spacial score (nSPS) is 14.1. The smallest absolute Gasteiger partial charge is 0.325 e. The molecule has 1 aliphatic rings. The third-order valence-electron chi connectivity index (χ3n) is 3.21. The molecule has 0 aromatic carbocycles. The van der Waals surface area contributed by atoms with E-state index in [2.05, 4.69) is 10.3 Å². The van der Waals surface area contributed by atoms with Crippen molar-refractivity contribution in [2.24, 2.45) is 0 Å². The van der Waals surface area contributed by atoms with Crippen LogP contribution in [0.15, 0.2) is 29.0 Å². The zero-order chi connectivity index (χ0) is 14.8. The lowest BCUT2D eigenvalue weighted by atomic mass is 10.3. The molecule has 0 spiro atoms. The zero-order valence-electron chi connectivity index (χ0n) is 11.2. The van der Waals surface area contributed by atoms with Crippen molar-refractivity contribution in [3.63, 3.8) is 0 Å². The summed E-state index contributed by atoms with van der Waals surface area (Å²) in [5.41, 5.74) is 0.148. The second-order valence-corrected chi connectivity index (χ2v) is 4.94. The van der Waals surface area contributed by atoms with Crippen molar-refractivity contribution in [1.82, 2.24) is 19.9 Å². The molecule has 1 amide bonds. The van der Waals surface area contributed by atoms with E-state index in [0.717, 1.165) is 17.5 Å². The molecule has 0 unspecified atom stereocenters. The van der Waals surface area contributed by atoms with Gasteiger partial charge in [0.15, 0.2) is 5.69 Å². The second kappa shape index (κ2) is 5.39. The Bertz CT molecular complexity index is 645. The van der Waals surface area contributed by atoms with Gasteiger partial charge in [0.05, 0.1) is 19.0 Å². The highest BCUT2D eigenvalue weighted by molar-refractivity contribution is 5.92. The first kappa shape index (κ1) is 13.3. The number of aliphatic carboxylic acids is 1. The molecule has 3 rings (SSSR count). The van der Waals surface area contributed by atoms with Crippen LogP contribution in [0.5, 0.6) is 0 Å². The van der Waals surface area contributed by atoms with Crippen LogP contribution in [0.4, 0.5) is 0 Å². The summed E-state index contributed by atoms with van der Waals surface area (Å²) in [5.74, 6) is -0.591. The van der Waals surface area contributed by atoms with Gasteiger partial charge in [0, 0.05) is 6.04 Å². The standard InChI is InChI=1S/C13H14N4O4/c18-12(19)8-16-7-11(14-15-16)13(20)17(9-3-4-9)6-10-2-1-5-21-10/h1-2,5,7,9H,3-4,6,8H2,(H,18,19). The number of aromatic nitrogens is 3. The Hall–Kier alpha value is -2.64. The molecule has 0 aliphatic heterocycles. The molecule has 0 saturated heterocycles. The van der Waals surface area contributed by atoms with Crippen molar-refractivity contribution in [2.75, 3.05) is 0 Å². The van der Waals surface area contributed by atoms with E-state index in [9.17, 15) is 9.59 Å². The molecular formula is C13H14N4O4. The van der Waals surface area contributed by atoms with Gasteiger partial charge < -0.3 is 14.4 Å². The van der Waals surface area contributed by atoms with Gasteiger partial charge in [-0.15, -0.1) is 5.10 Å². The molecule has 1 N–H and O–H groups in total. The Kier molecular flexibility index (Phi) is 3.43. The van der Waals surface area contributed by atoms with E-state index in [1.165, 1.54) is 6.20 Å². The topological polar surface area (TPSA) is 101 Å². The van der Waals surface area contributed by atoms with Crippen LogP contribution in [-0.4, -0.2) is 42.9 Å². The van der Waals surface area contributed by atoms with Gasteiger partial charge in [0.25, 0.3) is 5.91 Å². The van der Waals surface area contributed by atoms with Gasteiger partial charge >= 0.3 is 5.97 Å². The van der Waals surface area contributed by atoms with Crippen molar-refractivity contribution in [2.45, 2.75) is 32.0 Å². The van der Waals surface area contributed by atoms with E-state index in [1.54, 1.807) is 17.2 Å². The van der Waals surface area contributed by atoms with Crippen LogP contribution in [-0.2, 0) is 17.9 Å². The highest BCUT2D eigenvalue weighted by Gasteiger charge is 2.34. The first-order valence-electron chi connectivity index (χ1n) is 6.59. The van der Waals surface area contributed by atoms with Crippen molar-refractivity contribution in [3.8, 4) is 0 Å². The minimum atomic E-state index is -1.03. The van der Waals surface area contributed by atoms with Gasteiger partial charge in [-0.1, -0.05) is 5.21 Å². The Morgan fingerprint density at radius 1 is 1.48 bits per heavy atom. The summed E-state index contributed by atoms with van der Waals surface area (Å²) in [6.45, 7) is 0.0597. The molecule has 0 atom stereocenters. The predicted octanol–water partition coefficient (Wildman–Crippen LogP) is 0.760. The molecular weight excluding hydrogens is 276 g/mol. The van der Waals surface area contributed by atoms with Gasteiger partial charge in [0.1, 0.15) is 12.3 Å². The molecule has 1 fully saturated rings. The summed E-state index contributed by atoms with van der Waals surface area (Å²) in [6.07, 6.45) is 4.83. The van der Waals surface area contributed by atoms with Gasteiger partial charge in [-0.25, -0.2) is 4.68 Å². The molecule has 0 bridgehead atoms. The van der Waals surface area contributed by atoms with Gasteiger partial charge in [-0.05, 0) is 25.0 Å². The summed E-state index contributed by atoms with van der Waals surface area (Å²) in [7, 11) is 0. The molecule has 0 radical (unpaired) electrons. The maximum atomic E-state index is 12.5. The molecule has 2 heterocycles.